The van der Waals surface area contributed by atoms with Gasteiger partial charge in [-0.3, -0.25) is 19.7 Å². The lowest BCUT2D eigenvalue weighted by Crippen LogP contribution is -2.53. The smallest absolute Gasteiger partial charge is 0.323 e. The molecule has 0 bridgehead atoms. The highest BCUT2D eigenvalue weighted by atomic mass is 16.6. The van der Waals surface area contributed by atoms with Crippen LogP contribution in [0.1, 0.15) is 90.9 Å². The van der Waals surface area contributed by atoms with E-state index < -0.39 is 18.1 Å². The summed E-state index contributed by atoms with van der Waals surface area (Å²) in [5.41, 5.74) is 0. The van der Waals surface area contributed by atoms with E-state index in [1.165, 1.54) is 30.6 Å². The van der Waals surface area contributed by atoms with Gasteiger partial charge < -0.3 is 14.7 Å². The number of amides is 1. The van der Waals surface area contributed by atoms with Crippen molar-refractivity contribution < 1.29 is 24.2 Å². The number of carbonyl (C=O) groups is 3. The number of unbranched alkanes of at least 4 members (excludes halogenated alkanes) is 5. The molecule has 1 heterocycles. The van der Waals surface area contributed by atoms with Gasteiger partial charge in [0.1, 0.15) is 18.7 Å². The van der Waals surface area contributed by atoms with Crippen molar-refractivity contribution in [3.63, 3.8) is 0 Å². The van der Waals surface area contributed by atoms with Crippen LogP contribution < -0.4 is 5.32 Å². The molecule has 1 aliphatic carbocycles. The van der Waals surface area contributed by atoms with Gasteiger partial charge in [-0.1, -0.05) is 51.9 Å². The summed E-state index contributed by atoms with van der Waals surface area (Å²) in [5, 5.41) is 12.3. The molecule has 2 aliphatic rings. The zero-order valence-corrected chi connectivity index (χ0v) is 18.0. The zero-order chi connectivity index (χ0) is 21.2. The number of aliphatic carboxylic acids is 1. The fourth-order valence-corrected chi connectivity index (χ4v) is 4.49. The molecule has 0 aromatic carbocycles. The quantitative estimate of drug-likeness (QED) is 0.357. The molecular weight excluding hydrogens is 372 g/mol. The molecule has 1 saturated carbocycles. The van der Waals surface area contributed by atoms with Crippen LogP contribution in [0.5, 0.6) is 0 Å². The lowest BCUT2D eigenvalue weighted by Gasteiger charge is -2.30. The van der Waals surface area contributed by atoms with E-state index in [4.69, 9.17) is 4.74 Å². The second kappa shape index (κ2) is 12.2. The van der Waals surface area contributed by atoms with Gasteiger partial charge in [0.15, 0.2) is 0 Å². The normalized spacial score (nSPS) is 23.2. The molecule has 0 radical (unpaired) electrons. The summed E-state index contributed by atoms with van der Waals surface area (Å²) in [6.07, 6.45) is 12.3. The summed E-state index contributed by atoms with van der Waals surface area (Å²) in [4.78, 5) is 37.8. The Hall–Kier alpha value is -1.63. The van der Waals surface area contributed by atoms with E-state index in [1.54, 1.807) is 6.92 Å². The molecule has 1 saturated heterocycles. The van der Waals surface area contributed by atoms with Crippen LogP contribution in [-0.2, 0) is 19.1 Å². The Bertz CT molecular complexity index is 547. The Morgan fingerprint density at radius 2 is 1.83 bits per heavy atom. The van der Waals surface area contributed by atoms with Crippen molar-refractivity contribution in [2.75, 3.05) is 6.54 Å². The molecule has 166 valence electrons. The third-order valence-electron chi connectivity index (χ3n) is 6.12. The average molecular weight is 411 g/mol. The van der Waals surface area contributed by atoms with Crippen LogP contribution in [0.25, 0.3) is 0 Å². The molecule has 2 unspecified atom stereocenters. The number of hydrogen-bond donors (Lipinski definition) is 2. The maximum absolute atomic E-state index is 12.9. The maximum atomic E-state index is 12.9. The first kappa shape index (κ1) is 23.6. The number of nitrogens with zero attached hydrogens (tertiary/aromatic N) is 1. The van der Waals surface area contributed by atoms with Crippen molar-refractivity contribution >= 4 is 17.8 Å². The van der Waals surface area contributed by atoms with Crippen molar-refractivity contribution in [2.45, 2.75) is 115 Å². The number of hydrogen-bond acceptors (Lipinski definition) is 5. The summed E-state index contributed by atoms with van der Waals surface area (Å²) in [6.45, 7) is 3.62. The first-order valence-electron chi connectivity index (χ1n) is 11.4. The molecule has 3 atom stereocenters. The largest absolute Gasteiger partial charge is 0.480 e. The van der Waals surface area contributed by atoms with Crippen molar-refractivity contribution in [3.8, 4) is 0 Å². The monoisotopic (exact) mass is 410 g/mol. The Balaban J connectivity index is 1.79. The minimum absolute atomic E-state index is 0.0150. The van der Waals surface area contributed by atoms with Crippen LogP contribution in [0, 0.1) is 0 Å². The molecule has 2 fully saturated rings. The number of nitrogens with one attached hydrogen (secondary N) is 1. The van der Waals surface area contributed by atoms with Gasteiger partial charge >= 0.3 is 11.9 Å². The topological polar surface area (TPSA) is 95.9 Å². The predicted octanol–water partition coefficient (Wildman–Crippen LogP) is 3.26. The Kier molecular flexibility index (Phi) is 9.91. The van der Waals surface area contributed by atoms with Gasteiger partial charge in [-0.2, -0.15) is 0 Å². The van der Waals surface area contributed by atoms with Crippen LogP contribution in [0.3, 0.4) is 0 Å². The van der Waals surface area contributed by atoms with E-state index in [1.807, 2.05) is 0 Å². The molecule has 7 nitrogen and oxygen atoms in total. The fraction of sp³-hybridized carbons (Fsp3) is 0.864. The van der Waals surface area contributed by atoms with Gasteiger partial charge in [-0.05, 0) is 32.6 Å². The molecule has 1 aliphatic heterocycles. The molecule has 29 heavy (non-hydrogen) atoms. The summed E-state index contributed by atoms with van der Waals surface area (Å²) < 4.78 is 5.49. The highest BCUT2D eigenvalue weighted by molar-refractivity contribution is 5.86. The summed E-state index contributed by atoms with van der Waals surface area (Å²) >= 11 is 0. The van der Waals surface area contributed by atoms with Crippen LogP contribution in [-0.4, -0.2) is 58.6 Å². The number of rotatable bonds is 13. The zero-order valence-electron chi connectivity index (χ0n) is 18.0. The first-order valence-corrected chi connectivity index (χ1v) is 11.4. The summed E-state index contributed by atoms with van der Waals surface area (Å²) in [7, 11) is 0. The molecular formula is C22H38N2O5. The Morgan fingerprint density at radius 3 is 2.48 bits per heavy atom. The lowest BCUT2D eigenvalue weighted by molar-refractivity contribution is -0.148. The summed E-state index contributed by atoms with van der Waals surface area (Å²) in [6, 6.07) is -1.12. The SMILES string of the molecule is CCCCCCCCC1CC(N[C@@H](C)C(=O)N(CC(=O)O)C2CCCC2)C(=O)O1. The van der Waals surface area contributed by atoms with Crippen LogP contribution in [0.2, 0.25) is 0 Å². The second-order valence-electron chi connectivity index (χ2n) is 8.59. The minimum Gasteiger partial charge on any atom is -0.480 e. The van der Waals surface area contributed by atoms with Gasteiger partial charge in [0.05, 0.1) is 6.04 Å². The van der Waals surface area contributed by atoms with Crippen LogP contribution in [0.4, 0.5) is 0 Å². The standard InChI is InChI=1S/C22H38N2O5/c1-3-4-5-6-7-8-13-18-14-19(22(28)29-18)23-16(2)21(27)24(15-20(25)26)17-11-9-10-12-17/h16-19,23H,3-15H2,1-2H3,(H,25,26)/t16-,18?,19?/m0/s1. The Labute approximate surface area is 174 Å². The van der Waals surface area contributed by atoms with Crippen LogP contribution >= 0.6 is 0 Å². The van der Waals surface area contributed by atoms with Crippen molar-refractivity contribution in [3.05, 3.63) is 0 Å². The van der Waals surface area contributed by atoms with E-state index in [0.717, 1.165) is 44.9 Å². The Morgan fingerprint density at radius 1 is 1.17 bits per heavy atom. The molecule has 0 aromatic rings. The van der Waals surface area contributed by atoms with Gasteiger partial charge in [0.2, 0.25) is 5.91 Å². The lowest BCUT2D eigenvalue weighted by atomic mass is 10.0. The molecule has 0 spiro atoms. The molecule has 0 aromatic heterocycles. The third-order valence-corrected chi connectivity index (χ3v) is 6.12. The predicted molar refractivity (Wildman–Crippen MR) is 110 cm³/mol. The third kappa shape index (κ3) is 7.61. The van der Waals surface area contributed by atoms with Crippen molar-refractivity contribution in [1.82, 2.24) is 10.2 Å². The van der Waals surface area contributed by atoms with E-state index >= 15 is 0 Å². The van der Waals surface area contributed by atoms with Crippen molar-refractivity contribution in [2.24, 2.45) is 0 Å². The molecule has 2 rings (SSSR count). The van der Waals surface area contributed by atoms with Gasteiger partial charge in [-0.15, -0.1) is 0 Å². The number of cyclic esters (lactones) is 1. The highest BCUT2D eigenvalue weighted by Crippen LogP contribution is 2.25. The summed E-state index contributed by atoms with van der Waals surface area (Å²) in [5.74, 6) is -1.55. The average Bonchev–Trinajstić information content (AvgIpc) is 3.32. The number of carboxylic acids is 1. The number of ether oxygens (including phenoxy) is 1. The number of carboxylic acid groups (broad SMARTS) is 1. The van der Waals surface area contributed by atoms with Crippen LogP contribution in [0.15, 0.2) is 0 Å². The van der Waals surface area contributed by atoms with E-state index in [9.17, 15) is 19.5 Å². The van der Waals surface area contributed by atoms with E-state index in [2.05, 4.69) is 12.2 Å². The fourth-order valence-electron chi connectivity index (χ4n) is 4.49. The van der Waals surface area contributed by atoms with E-state index in [-0.39, 0.29) is 30.6 Å². The maximum Gasteiger partial charge on any atom is 0.323 e. The second-order valence-corrected chi connectivity index (χ2v) is 8.59. The minimum atomic E-state index is -1.00. The first-order chi connectivity index (χ1) is 13.9. The molecule has 1 amide bonds. The van der Waals surface area contributed by atoms with Gasteiger partial charge in [-0.25, -0.2) is 0 Å². The number of esters is 1. The number of carbonyl (C=O) groups excluding carboxylic acids is 2. The molecule has 2 N–H and O–H groups in total. The molecule has 7 heteroatoms. The van der Waals surface area contributed by atoms with E-state index in [0.29, 0.717) is 6.42 Å². The highest BCUT2D eigenvalue weighted by Gasteiger charge is 2.37. The van der Waals surface area contributed by atoms with Gasteiger partial charge in [0, 0.05) is 12.5 Å². The van der Waals surface area contributed by atoms with Gasteiger partial charge in [0.25, 0.3) is 0 Å². The van der Waals surface area contributed by atoms with Crippen molar-refractivity contribution in [1.29, 1.82) is 0 Å².